The summed E-state index contributed by atoms with van der Waals surface area (Å²) in [6, 6.07) is 13.5. The summed E-state index contributed by atoms with van der Waals surface area (Å²) in [7, 11) is 0. The number of carbonyl (C=O) groups is 6. The van der Waals surface area contributed by atoms with Crippen molar-refractivity contribution in [1.82, 2.24) is 35.3 Å². The minimum absolute atomic E-state index is 0.0188. The number of amides is 6. The van der Waals surface area contributed by atoms with Gasteiger partial charge in [-0.05, 0) is 87.9 Å². The summed E-state index contributed by atoms with van der Waals surface area (Å²) in [5, 5.41) is 14.5. The number of aromatic nitrogens is 4. The summed E-state index contributed by atoms with van der Waals surface area (Å²) in [5.74, 6) is -2.71. The molecule has 5 aromatic rings. The molecule has 20 nitrogen and oxygen atoms in total. The Kier molecular flexibility index (Phi) is 14.9. The van der Waals surface area contributed by atoms with E-state index in [-0.39, 0.29) is 48.0 Å². The van der Waals surface area contributed by atoms with E-state index in [0.717, 1.165) is 40.4 Å². The van der Waals surface area contributed by atoms with Crippen LogP contribution in [0.25, 0.3) is 17.1 Å². The van der Waals surface area contributed by atoms with Gasteiger partial charge in [0.25, 0.3) is 17.7 Å². The van der Waals surface area contributed by atoms with Gasteiger partial charge in [-0.3, -0.25) is 39.1 Å². The Balaban J connectivity index is 0.763. The van der Waals surface area contributed by atoms with Crippen LogP contribution in [-0.4, -0.2) is 118 Å². The number of halogens is 3. The molecule has 0 radical (unpaired) electrons. The van der Waals surface area contributed by atoms with E-state index in [1.54, 1.807) is 69.3 Å². The van der Waals surface area contributed by atoms with Crippen molar-refractivity contribution < 1.29 is 60.6 Å². The highest BCUT2D eigenvalue weighted by molar-refractivity contribution is 6.25. The van der Waals surface area contributed by atoms with Crippen LogP contribution in [0.15, 0.2) is 77.7 Å². The van der Waals surface area contributed by atoms with Gasteiger partial charge in [0.2, 0.25) is 17.7 Å². The Morgan fingerprint density at radius 1 is 0.915 bits per heavy atom. The lowest BCUT2D eigenvalue weighted by Crippen LogP contribution is -2.54. The molecular weight excluding hydrogens is 934 g/mol. The molecular formula is C48H51F3N10O10. The van der Waals surface area contributed by atoms with Crippen LogP contribution < -0.4 is 26.2 Å². The smallest absolute Gasteiger partial charge is 0.437 e. The third-order valence-corrected chi connectivity index (χ3v) is 11.3. The Labute approximate surface area is 404 Å². The highest BCUT2D eigenvalue weighted by Crippen LogP contribution is 2.36. The van der Waals surface area contributed by atoms with Crippen LogP contribution in [0.3, 0.4) is 0 Å². The van der Waals surface area contributed by atoms with Crippen LogP contribution >= 0.6 is 0 Å². The molecule has 1 saturated heterocycles. The average Bonchev–Trinajstić information content (AvgIpc) is 3.70. The molecule has 4 N–H and O–H groups in total. The van der Waals surface area contributed by atoms with E-state index in [1.165, 1.54) is 17.2 Å². The predicted molar refractivity (Wildman–Crippen MR) is 248 cm³/mol. The molecule has 0 spiro atoms. The Hall–Kier alpha value is -7.50. The molecule has 2 fully saturated rings. The number of hydrogen-bond acceptors (Lipinski definition) is 15. The van der Waals surface area contributed by atoms with Gasteiger partial charge in [0.1, 0.15) is 23.7 Å². The number of fused-ring (bicyclic) bond motifs is 1. The molecule has 6 amide bonds. The summed E-state index contributed by atoms with van der Waals surface area (Å²) in [6.07, 6.45) is 0.0838. The van der Waals surface area contributed by atoms with Gasteiger partial charge in [0, 0.05) is 50.0 Å². The minimum Gasteiger partial charge on any atom is -0.444 e. The lowest BCUT2D eigenvalue weighted by atomic mass is 10.0. The summed E-state index contributed by atoms with van der Waals surface area (Å²) >= 11 is 0. The Morgan fingerprint density at radius 3 is 2.37 bits per heavy atom. The summed E-state index contributed by atoms with van der Waals surface area (Å²) in [4.78, 5) is 87.5. The van der Waals surface area contributed by atoms with Crippen LogP contribution in [0.2, 0.25) is 0 Å². The molecule has 3 aliphatic rings. The number of alkyl halides is 3. The van der Waals surface area contributed by atoms with Crippen molar-refractivity contribution in [2.24, 2.45) is 5.92 Å². The molecule has 2 aromatic carbocycles. The highest BCUT2D eigenvalue weighted by atomic mass is 19.4. The van der Waals surface area contributed by atoms with Gasteiger partial charge in [0.05, 0.1) is 55.1 Å². The summed E-state index contributed by atoms with van der Waals surface area (Å²) in [6.45, 7) is 8.16. The van der Waals surface area contributed by atoms with E-state index in [0.29, 0.717) is 68.9 Å². The standard InChI is InChI=1S/C48H51F3N10O10/c1-47(2,3)71-46(67)59(25-29-7-8-29)37-23-30(15-16-54-37)43-56-35(27-70-43)41(63)55-34-26-60(58-40(34)48(49,50)51)31-11-9-28(10-12-31)24-52-17-19-68-21-22-69-20-18-53-33-6-4-5-32-39(33)45(66)61(44(32)65)36-13-14-38(62)57-42(36)64/h4-6,9-12,15-16,23,26-27,29,36,52-53H,7-8,13-14,17-22,24-25H2,1-3H3,(H,55,63)(H,57,62,64). The molecule has 374 valence electrons. The monoisotopic (exact) mass is 984 g/mol. The molecule has 1 aliphatic carbocycles. The van der Waals surface area contributed by atoms with Gasteiger partial charge in [-0.1, -0.05) is 18.2 Å². The number of imide groups is 2. The van der Waals surface area contributed by atoms with Crippen molar-refractivity contribution in [3.8, 4) is 17.1 Å². The number of oxazole rings is 1. The van der Waals surface area contributed by atoms with E-state index in [2.05, 4.69) is 36.3 Å². The van der Waals surface area contributed by atoms with Crippen molar-refractivity contribution in [1.29, 1.82) is 0 Å². The number of carbonyl (C=O) groups excluding carboxylic acids is 6. The number of nitrogens with zero attached hydrogens (tertiary/aromatic N) is 6. The number of benzene rings is 2. The van der Waals surface area contributed by atoms with Gasteiger partial charge in [-0.15, -0.1) is 0 Å². The van der Waals surface area contributed by atoms with E-state index in [1.807, 2.05) is 0 Å². The fourth-order valence-electron chi connectivity index (χ4n) is 7.73. The van der Waals surface area contributed by atoms with Gasteiger partial charge >= 0.3 is 12.3 Å². The number of ether oxygens (including phenoxy) is 3. The molecule has 8 rings (SSSR count). The van der Waals surface area contributed by atoms with E-state index >= 15 is 0 Å². The van der Waals surface area contributed by atoms with Crippen molar-refractivity contribution >= 4 is 52.8 Å². The predicted octanol–water partition coefficient (Wildman–Crippen LogP) is 5.98. The van der Waals surface area contributed by atoms with Crippen LogP contribution in [-0.2, 0) is 36.5 Å². The first-order valence-corrected chi connectivity index (χ1v) is 22.9. The second-order valence-electron chi connectivity index (χ2n) is 17.9. The SMILES string of the molecule is CC(C)(C)OC(=O)N(CC1CC1)c1cc(-c2nc(C(=O)Nc3cn(-c4ccc(CNCCOCCOCCNc5cccc6c5C(=O)N(C5CCC(=O)NC5=O)C6=O)cc4)nc3C(F)(F)F)co2)ccn1. The van der Waals surface area contributed by atoms with Crippen molar-refractivity contribution in [3.05, 3.63) is 101 Å². The minimum atomic E-state index is -4.91. The third-order valence-electron chi connectivity index (χ3n) is 11.3. The number of rotatable bonds is 20. The normalized spacial score (nSPS) is 16.0. The first-order chi connectivity index (χ1) is 33.9. The first-order valence-electron chi connectivity index (χ1n) is 22.9. The number of anilines is 3. The molecule has 0 bridgehead atoms. The average molecular weight is 985 g/mol. The molecule has 23 heteroatoms. The number of nitrogens with one attached hydrogen (secondary N) is 4. The van der Waals surface area contributed by atoms with Crippen molar-refractivity contribution in [3.63, 3.8) is 0 Å². The fraction of sp³-hybridized carbons (Fsp3) is 0.396. The maximum atomic E-state index is 14.2. The molecule has 3 aromatic heterocycles. The maximum absolute atomic E-state index is 14.2. The highest BCUT2D eigenvalue weighted by Gasteiger charge is 2.46. The van der Waals surface area contributed by atoms with E-state index < -0.39 is 64.8 Å². The van der Waals surface area contributed by atoms with Gasteiger partial charge in [-0.2, -0.15) is 18.3 Å². The van der Waals surface area contributed by atoms with Crippen LogP contribution in [0.4, 0.5) is 35.2 Å². The van der Waals surface area contributed by atoms with E-state index in [4.69, 9.17) is 18.6 Å². The van der Waals surface area contributed by atoms with Crippen molar-refractivity contribution in [2.75, 3.05) is 61.6 Å². The first kappa shape index (κ1) is 49.9. The Morgan fingerprint density at radius 2 is 1.66 bits per heavy atom. The van der Waals surface area contributed by atoms with Crippen LogP contribution in [0.1, 0.15) is 88.9 Å². The fourth-order valence-corrected chi connectivity index (χ4v) is 7.73. The van der Waals surface area contributed by atoms with Gasteiger partial charge < -0.3 is 34.6 Å². The van der Waals surface area contributed by atoms with Crippen LogP contribution in [0, 0.1) is 5.92 Å². The zero-order valence-corrected chi connectivity index (χ0v) is 39.0. The molecule has 5 heterocycles. The quantitative estimate of drug-likeness (QED) is 0.0518. The number of piperidine rings is 1. The number of hydrogen-bond donors (Lipinski definition) is 4. The number of pyridine rings is 1. The van der Waals surface area contributed by atoms with Gasteiger partial charge in [0.15, 0.2) is 11.4 Å². The largest absolute Gasteiger partial charge is 0.444 e. The molecule has 1 atom stereocenters. The lowest BCUT2D eigenvalue weighted by molar-refractivity contribution is -0.140. The summed E-state index contributed by atoms with van der Waals surface area (Å²) < 4.78 is 66.0. The van der Waals surface area contributed by atoms with Gasteiger partial charge in [-0.25, -0.2) is 19.4 Å². The molecule has 1 unspecified atom stereocenters. The topological polar surface area (TPSA) is 241 Å². The molecule has 1 saturated carbocycles. The Bertz CT molecular complexity index is 2800. The zero-order valence-electron chi connectivity index (χ0n) is 39.0. The molecule has 2 aliphatic heterocycles. The maximum Gasteiger partial charge on any atom is 0.437 e. The van der Waals surface area contributed by atoms with E-state index in [9.17, 15) is 41.9 Å². The summed E-state index contributed by atoms with van der Waals surface area (Å²) in [5.41, 5.74) is -0.651. The zero-order chi connectivity index (χ0) is 50.5. The van der Waals surface area contributed by atoms with Crippen molar-refractivity contribution in [2.45, 2.75) is 70.8 Å². The second kappa shape index (κ2) is 21.2. The second-order valence-corrected chi connectivity index (χ2v) is 17.9. The lowest BCUT2D eigenvalue weighted by Gasteiger charge is -2.27. The van der Waals surface area contributed by atoms with Crippen LogP contribution in [0.5, 0.6) is 0 Å². The molecule has 71 heavy (non-hydrogen) atoms. The third kappa shape index (κ3) is 12.3.